The number of amides is 1. The van der Waals surface area contributed by atoms with Gasteiger partial charge in [-0.2, -0.15) is 0 Å². The summed E-state index contributed by atoms with van der Waals surface area (Å²) in [7, 11) is 4.53. The van der Waals surface area contributed by atoms with Gasteiger partial charge in [-0.1, -0.05) is 18.2 Å². The third kappa shape index (κ3) is 4.75. The van der Waals surface area contributed by atoms with Crippen LogP contribution in [0.5, 0.6) is 17.2 Å². The van der Waals surface area contributed by atoms with E-state index in [0.717, 1.165) is 9.75 Å². The summed E-state index contributed by atoms with van der Waals surface area (Å²) >= 11 is 1.40. The Morgan fingerprint density at radius 3 is 2.31 bits per heavy atom. The van der Waals surface area contributed by atoms with Crippen LogP contribution in [0.3, 0.4) is 0 Å². The highest BCUT2D eigenvalue weighted by atomic mass is 32.1. The molecule has 0 fully saturated rings. The minimum atomic E-state index is -0.319. The minimum Gasteiger partial charge on any atom is -0.493 e. The zero-order valence-corrected chi connectivity index (χ0v) is 17.0. The molecule has 3 rings (SSSR count). The van der Waals surface area contributed by atoms with Gasteiger partial charge in [0, 0.05) is 39.2 Å². The van der Waals surface area contributed by atoms with E-state index >= 15 is 0 Å². The highest BCUT2D eigenvalue weighted by molar-refractivity contribution is 7.16. The molecule has 0 spiro atoms. The van der Waals surface area contributed by atoms with E-state index in [1.165, 1.54) is 44.8 Å². The molecule has 0 bridgehead atoms. The van der Waals surface area contributed by atoms with E-state index < -0.39 is 0 Å². The second-order valence-electron chi connectivity index (χ2n) is 5.92. The molecule has 0 saturated heterocycles. The molecule has 2 aromatic carbocycles. The molecule has 0 aliphatic carbocycles. The summed E-state index contributed by atoms with van der Waals surface area (Å²) in [4.78, 5) is 13.9. The lowest BCUT2D eigenvalue weighted by Gasteiger charge is -2.14. The summed E-state index contributed by atoms with van der Waals surface area (Å²) in [5.74, 6) is 0.741. The fraction of sp³-hybridized carbons (Fsp3) is 0.136. The molecule has 0 saturated carbocycles. The first kappa shape index (κ1) is 20.4. The molecule has 5 nitrogen and oxygen atoms in total. The van der Waals surface area contributed by atoms with E-state index in [4.69, 9.17) is 14.2 Å². The number of benzene rings is 2. The molecular formula is C22H20FNO4S. The summed E-state index contributed by atoms with van der Waals surface area (Å²) in [5.41, 5.74) is 1.05. The standard InChI is InChI=1S/C22H20FNO4S/c1-26-18-12-14(13-19(27-2)22(18)28-3)24-21(25)11-9-15-8-10-20(29-15)16-6-4-5-7-17(16)23/h4-13H,1-3H3,(H,24,25)/b11-9+. The zero-order valence-electron chi connectivity index (χ0n) is 16.2. The van der Waals surface area contributed by atoms with Crippen LogP contribution in [0.25, 0.3) is 16.5 Å². The molecule has 1 heterocycles. The Balaban J connectivity index is 1.73. The van der Waals surface area contributed by atoms with E-state index in [1.54, 1.807) is 36.4 Å². The average molecular weight is 413 g/mol. The number of anilines is 1. The summed E-state index contributed by atoms with van der Waals surface area (Å²) < 4.78 is 29.7. The fourth-order valence-corrected chi connectivity index (χ4v) is 3.68. The molecule has 29 heavy (non-hydrogen) atoms. The molecule has 3 aromatic rings. The van der Waals surface area contributed by atoms with Gasteiger partial charge in [0.25, 0.3) is 0 Å². The maximum absolute atomic E-state index is 13.9. The smallest absolute Gasteiger partial charge is 0.248 e. The maximum atomic E-state index is 13.9. The molecule has 7 heteroatoms. The Morgan fingerprint density at radius 2 is 1.69 bits per heavy atom. The number of rotatable bonds is 7. The van der Waals surface area contributed by atoms with E-state index in [0.29, 0.717) is 28.5 Å². The van der Waals surface area contributed by atoms with E-state index in [9.17, 15) is 9.18 Å². The zero-order chi connectivity index (χ0) is 20.8. The van der Waals surface area contributed by atoms with Crippen LogP contribution in [0.2, 0.25) is 0 Å². The Morgan fingerprint density at radius 1 is 1.00 bits per heavy atom. The predicted molar refractivity (Wildman–Crippen MR) is 113 cm³/mol. The largest absolute Gasteiger partial charge is 0.493 e. The second kappa shape index (κ2) is 9.25. The van der Waals surface area contributed by atoms with Crippen LogP contribution in [-0.2, 0) is 4.79 Å². The Labute approximate surface area is 172 Å². The lowest BCUT2D eigenvalue weighted by atomic mass is 10.2. The van der Waals surface area contributed by atoms with Gasteiger partial charge in [0.1, 0.15) is 5.82 Å². The van der Waals surface area contributed by atoms with Crippen molar-refractivity contribution in [2.45, 2.75) is 0 Å². The van der Waals surface area contributed by atoms with Crippen molar-refractivity contribution in [3.05, 3.63) is 65.3 Å². The van der Waals surface area contributed by atoms with Crippen LogP contribution < -0.4 is 19.5 Å². The number of halogens is 1. The van der Waals surface area contributed by atoms with Gasteiger partial charge in [-0.25, -0.2) is 4.39 Å². The van der Waals surface area contributed by atoms with Crippen LogP contribution in [0.1, 0.15) is 4.88 Å². The van der Waals surface area contributed by atoms with Crippen LogP contribution in [0, 0.1) is 5.82 Å². The van der Waals surface area contributed by atoms with Crippen molar-refractivity contribution in [1.29, 1.82) is 0 Å². The number of carbonyl (C=O) groups is 1. The van der Waals surface area contributed by atoms with Gasteiger partial charge in [-0.05, 0) is 24.3 Å². The van der Waals surface area contributed by atoms with Crippen LogP contribution in [-0.4, -0.2) is 27.2 Å². The van der Waals surface area contributed by atoms with Crippen LogP contribution in [0.4, 0.5) is 10.1 Å². The number of ether oxygens (including phenoxy) is 3. The lowest BCUT2D eigenvalue weighted by Crippen LogP contribution is -2.08. The molecule has 1 N–H and O–H groups in total. The van der Waals surface area contributed by atoms with Crippen molar-refractivity contribution in [3.8, 4) is 27.7 Å². The first-order valence-electron chi connectivity index (χ1n) is 8.69. The van der Waals surface area contributed by atoms with Crippen molar-refractivity contribution in [2.24, 2.45) is 0 Å². The van der Waals surface area contributed by atoms with Crippen molar-refractivity contribution < 1.29 is 23.4 Å². The third-order valence-electron chi connectivity index (χ3n) is 4.10. The molecule has 0 aliphatic heterocycles. The van der Waals surface area contributed by atoms with Crippen molar-refractivity contribution >= 4 is 29.0 Å². The third-order valence-corrected chi connectivity index (χ3v) is 5.18. The Hall–Kier alpha value is -3.32. The Bertz CT molecular complexity index is 1020. The van der Waals surface area contributed by atoms with Gasteiger partial charge in [0.2, 0.25) is 11.7 Å². The number of hydrogen-bond donors (Lipinski definition) is 1. The molecular weight excluding hydrogens is 393 g/mol. The van der Waals surface area contributed by atoms with Gasteiger partial charge >= 0.3 is 0 Å². The first-order chi connectivity index (χ1) is 14.0. The molecule has 150 valence electrons. The molecule has 0 aliphatic rings. The fourth-order valence-electron chi connectivity index (χ4n) is 2.74. The summed E-state index contributed by atoms with van der Waals surface area (Å²) in [6.45, 7) is 0. The normalized spacial score (nSPS) is 10.8. The van der Waals surface area contributed by atoms with Crippen molar-refractivity contribution in [3.63, 3.8) is 0 Å². The molecule has 0 radical (unpaired) electrons. The maximum Gasteiger partial charge on any atom is 0.248 e. The molecule has 0 unspecified atom stereocenters. The number of methoxy groups -OCH3 is 3. The van der Waals surface area contributed by atoms with Gasteiger partial charge in [-0.15, -0.1) is 11.3 Å². The van der Waals surface area contributed by atoms with E-state index in [-0.39, 0.29) is 11.7 Å². The van der Waals surface area contributed by atoms with E-state index in [1.807, 2.05) is 12.1 Å². The summed E-state index contributed by atoms with van der Waals surface area (Å²) in [5, 5.41) is 2.76. The van der Waals surface area contributed by atoms with E-state index in [2.05, 4.69) is 5.32 Å². The summed E-state index contributed by atoms with van der Waals surface area (Å²) in [6.07, 6.45) is 3.10. The number of carbonyl (C=O) groups excluding carboxylic acids is 1. The van der Waals surface area contributed by atoms with Crippen molar-refractivity contribution in [1.82, 2.24) is 0 Å². The average Bonchev–Trinajstić information content (AvgIpc) is 3.20. The minimum absolute atomic E-state index is 0.273. The summed E-state index contributed by atoms with van der Waals surface area (Å²) in [6, 6.07) is 13.6. The van der Waals surface area contributed by atoms with Gasteiger partial charge in [-0.3, -0.25) is 4.79 Å². The number of thiophene rings is 1. The van der Waals surface area contributed by atoms with Gasteiger partial charge in [0.05, 0.1) is 21.3 Å². The quantitative estimate of drug-likeness (QED) is 0.539. The molecule has 1 amide bonds. The SMILES string of the molecule is COc1cc(NC(=O)/C=C/c2ccc(-c3ccccc3F)s2)cc(OC)c1OC. The van der Waals surface area contributed by atoms with Crippen LogP contribution in [0.15, 0.2) is 54.6 Å². The van der Waals surface area contributed by atoms with Gasteiger partial charge in [0.15, 0.2) is 11.5 Å². The number of hydrogen-bond acceptors (Lipinski definition) is 5. The lowest BCUT2D eigenvalue weighted by molar-refractivity contribution is -0.111. The topological polar surface area (TPSA) is 56.8 Å². The predicted octanol–water partition coefficient (Wildman–Crippen LogP) is 5.23. The van der Waals surface area contributed by atoms with Crippen LogP contribution >= 0.6 is 11.3 Å². The Kier molecular flexibility index (Phi) is 6.51. The molecule has 0 atom stereocenters. The second-order valence-corrected chi connectivity index (χ2v) is 7.03. The van der Waals surface area contributed by atoms with Gasteiger partial charge < -0.3 is 19.5 Å². The monoisotopic (exact) mass is 413 g/mol. The number of nitrogens with one attached hydrogen (secondary N) is 1. The first-order valence-corrected chi connectivity index (χ1v) is 9.51. The highest BCUT2D eigenvalue weighted by Crippen LogP contribution is 2.40. The molecule has 1 aromatic heterocycles. The van der Waals surface area contributed by atoms with Crippen molar-refractivity contribution in [2.75, 3.05) is 26.6 Å². The highest BCUT2D eigenvalue weighted by Gasteiger charge is 2.14.